The molecule has 0 bridgehead atoms. The molecule has 4 atom stereocenters. The van der Waals surface area contributed by atoms with Crippen LogP contribution in [0.3, 0.4) is 0 Å². The number of benzene rings is 1. The van der Waals surface area contributed by atoms with Crippen LogP contribution in [0, 0.1) is 5.82 Å². The SMILES string of the molecule is CNC1CC(C)N(C2CCCCCC2)C(Nc2cc3c(c(C4=CCN[C@@H](CF)CC4)c2F)OCC3)N1. The Morgan fingerprint density at radius 3 is 2.69 bits per heavy atom. The molecule has 0 radical (unpaired) electrons. The first-order chi connectivity index (χ1) is 17.6. The maximum atomic E-state index is 16.3. The van der Waals surface area contributed by atoms with Crippen LogP contribution in [-0.2, 0) is 6.42 Å². The second-order valence-electron chi connectivity index (χ2n) is 11.0. The number of rotatable bonds is 6. The van der Waals surface area contributed by atoms with Gasteiger partial charge in [0.05, 0.1) is 24.0 Å². The van der Waals surface area contributed by atoms with Crippen LogP contribution < -0.4 is 26.0 Å². The summed E-state index contributed by atoms with van der Waals surface area (Å²) >= 11 is 0. The van der Waals surface area contributed by atoms with Gasteiger partial charge in [0, 0.05) is 36.7 Å². The molecule has 6 nitrogen and oxygen atoms in total. The number of alkyl halides is 1. The molecule has 3 heterocycles. The Hall–Kier alpha value is -1.74. The fourth-order valence-electron chi connectivity index (χ4n) is 6.60. The third-order valence-corrected chi connectivity index (χ3v) is 8.57. The summed E-state index contributed by atoms with van der Waals surface area (Å²) in [4.78, 5) is 2.56. The van der Waals surface area contributed by atoms with Gasteiger partial charge >= 0.3 is 0 Å². The van der Waals surface area contributed by atoms with Crippen molar-refractivity contribution in [2.45, 2.75) is 102 Å². The van der Waals surface area contributed by atoms with E-state index in [0.717, 1.165) is 24.0 Å². The third-order valence-electron chi connectivity index (χ3n) is 8.57. The molecule has 36 heavy (non-hydrogen) atoms. The number of hydrogen-bond acceptors (Lipinski definition) is 6. The van der Waals surface area contributed by atoms with Crippen LogP contribution in [0.25, 0.3) is 5.57 Å². The molecule has 3 unspecified atom stereocenters. The van der Waals surface area contributed by atoms with Crippen LogP contribution >= 0.6 is 0 Å². The van der Waals surface area contributed by atoms with Gasteiger partial charge in [-0.05, 0) is 57.7 Å². The quantitative estimate of drug-likeness (QED) is 0.429. The van der Waals surface area contributed by atoms with Gasteiger partial charge < -0.3 is 20.7 Å². The van der Waals surface area contributed by atoms with Gasteiger partial charge in [-0.25, -0.2) is 8.78 Å². The van der Waals surface area contributed by atoms with Crippen molar-refractivity contribution in [3.8, 4) is 5.75 Å². The summed E-state index contributed by atoms with van der Waals surface area (Å²) < 4.78 is 35.6. The van der Waals surface area contributed by atoms with Crippen LogP contribution in [-0.4, -0.2) is 62.4 Å². The van der Waals surface area contributed by atoms with Gasteiger partial charge in [-0.1, -0.05) is 31.8 Å². The Morgan fingerprint density at radius 1 is 1.14 bits per heavy atom. The maximum Gasteiger partial charge on any atom is 0.157 e. The number of fused-ring (bicyclic) bond motifs is 1. The van der Waals surface area contributed by atoms with E-state index in [1.807, 2.05) is 19.2 Å². The largest absolute Gasteiger partial charge is 0.492 e. The monoisotopic (exact) mass is 503 g/mol. The first-order valence-electron chi connectivity index (χ1n) is 14.0. The number of nitrogens with zero attached hydrogens (tertiary/aromatic N) is 1. The van der Waals surface area contributed by atoms with E-state index in [2.05, 4.69) is 33.1 Å². The minimum atomic E-state index is -0.408. The fraction of sp³-hybridized carbons (Fsp3) is 0.714. The van der Waals surface area contributed by atoms with E-state index in [4.69, 9.17) is 4.74 Å². The topological polar surface area (TPSA) is 60.6 Å². The summed E-state index contributed by atoms with van der Waals surface area (Å²) in [7, 11) is 1.98. The fourth-order valence-corrected chi connectivity index (χ4v) is 6.60. The standard InChI is InChI=1S/C28H43F2N5O/c1-18-15-24(31-2)34-28(35(18)22-7-5-3-4-6-8-22)33-23-16-20-12-14-36-27(20)25(26(23)30)19-9-10-21(17-29)32-13-11-19/h11,16,18,21-22,24,28,31-34H,3-10,12-15,17H2,1-2H3/t18?,21-,24?,28?/m1/s1. The second kappa shape index (κ2) is 11.8. The van der Waals surface area contributed by atoms with Gasteiger partial charge in [0.15, 0.2) is 5.82 Å². The van der Waals surface area contributed by atoms with Crippen molar-refractivity contribution in [1.29, 1.82) is 0 Å². The highest BCUT2D eigenvalue weighted by Crippen LogP contribution is 2.42. The number of hydrogen-bond donors (Lipinski definition) is 4. The predicted molar refractivity (Wildman–Crippen MR) is 141 cm³/mol. The Kier molecular flexibility index (Phi) is 8.46. The third kappa shape index (κ3) is 5.42. The van der Waals surface area contributed by atoms with E-state index in [1.54, 1.807) is 0 Å². The molecule has 1 saturated heterocycles. The van der Waals surface area contributed by atoms with Gasteiger partial charge in [-0.2, -0.15) is 0 Å². The Labute approximate surface area is 214 Å². The minimum Gasteiger partial charge on any atom is -0.492 e. The van der Waals surface area contributed by atoms with Gasteiger partial charge in [0.2, 0.25) is 0 Å². The highest BCUT2D eigenvalue weighted by Gasteiger charge is 2.38. The smallest absolute Gasteiger partial charge is 0.157 e. The Morgan fingerprint density at radius 2 is 1.94 bits per heavy atom. The van der Waals surface area contributed by atoms with E-state index in [1.165, 1.54) is 38.5 Å². The summed E-state index contributed by atoms with van der Waals surface area (Å²) in [6.45, 7) is 3.00. The summed E-state index contributed by atoms with van der Waals surface area (Å²) in [6.07, 6.45) is 12.6. The number of nitrogens with one attached hydrogen (secondary N) is 4. The minimum absolute atomic E-state index is 0.160. The second-order valence-corrected chi connectivity index (χ2v) is 11.0. The molecule has 8 heteroatoms. The highest BCUT2D eigenvalue weighted by atomic mass is 19.1. The lowest BCUT2D eigenvalue weighted by Crippen LogP contribution is -2.67. The molecule has 1 aliphatic carbocycles. The van der Waals surface area contributed by atoms with E-state index >= 15 is 4.39 Å². The first kappa shape index (κ1) is 25.9. The molecule has 3 aliphatic heterocycles. The lowest BCUT2D eigenvalue weighted by molar-refractivity contribution is 0.0172. The van der Waals surface area contributed by atoms with Crippen LogP contribution in [0.5, 0.6) is 5.75 Å². The molecule has 0 amide bonds. The summed E-state index contributed by atoms with van der Waals surface area (Å²) in [5.41, 5.74) is 3.04. The van der Waals surface area contributed by atoms with Crippen molar-refractivity contribution >= 4 is 11.3 Å². The van der Waals surface area contributed by atoms with Crippen molar-refractivity contribution in [3.05, 3.63) is 29.1 Å². The zero-order valence-corrected chi connectivity index (χ0v) is 21.8. The Balaban J connectivity index is 1.47. The number of halogens is 2. The molecule has 4 aliphatic rings. The molecule has 0 spiro atoms. The summed E-state index contributed by atoms with van der Waals surface area (Å²) in [6, 6.07) is 2.62. The molecule has 1 saturated carbocycles. The molecule has 1 aromatic carbocycles. The predicted octanol–water partition coefficient (Wildman–Crippen LogP) is 4.51. The Bertz CT molecular complexity index is 933. The van der Waals surface area contributed by atoms with Crippen LogP contribution in [0.2, 0.25) is 0 Å². The zero-order valence-electron chi connectivity index (χ0n) is 21.8. The van der Waals surface area contributed by atoms with E-state index in [-0.39, 0.29) is 24.3 Å². The average molecular weight is 504 g/mol. The van der Waals surface area contributed by atoms with Crippen LogP contribution in [0.4, 0.5) is 14.5 Å². The molecule has 4 N–H and O–H groups in total. The van der Waals surface area contributed by atoms with Crippen molar-refractivity contribution in [1.82, 2.24) is 20.9 Å². The van der Waals surface area contributed by atoms with Gasteiger partial charge in [-0.15, -0.1) is 0 Å². The maximum absolute atomic E-state index is 16.3. The van der Waals surface area contributed by atoms with Crippen molar-refractivity contribution < 1.29 is 13.5 Å². The molecular formula is C28H43F2N5O. The van der Waals surface area contributed by atoms with E-state index in [0.29, 0.717) is 55.1 Å². The van der Waals surface area contributed by atoms with Crippen LogP contribution in [0.1, 0.15) is 75.8 Å². The number of ether oxygens (including phenoxy) is 1. The van der Waals surface area contributed by atoms with Crippen molar-refractivity contribution in [2.75, 3.05) is 32.2 Å². The molecule has 5 rings (SSSR count). The summed E-state index contributed by atoms with van der Waals surface area (Å²) in [5, 5.41) is 13.9. The highest BCUT2D eigenvalue weighted by molar-refractivity contribution is 5.77. The van der Waals surface area contributed by atoms with E-state index < -0.39 is 6.67 Å². The molecule has 0 aromatic heterocycles. The summed E-state index contributed by atoms with van der Waals surface area (Å²) in [5.74, 6) is 0.407. The molecular weight excluding hydrogens is 460 g/mol. The van der Waals surface area contributed by atoms with Crippen LogP contribution in [0.15, 0.2) is 12.1 Å². The lowest BCUT2D eigenvalue weighted by atomic mass is 9.95. The van der Waals surface area contributed by atoms with Crippen molar-refractivity contribution in [3.63, 3.8) is 0 Å². The van der Waals surface area contributed by atoms with Gasteiger partial charge in [0.1, 0.15) is 18.7 Å². The van der Waals surface area contributed by atoms with Gasteiger partial charge in [-0.3, -0.25) is 10.2 Å². The van der Waals surface area contributed by atoms with Crippen molar-refractivity contribution in [2.24, 2.45) is 0 Å². The molecule has 200 valence electrons. The zero-order chi connectivity index (χ0) is 25.1. The number of allylic oxidation sites excluding steroid dienone is 1. The molecule has 1 aromatic rings. The van der Waals surface area contributed by atoms with Gasteiger partial charge in [0.25, 0.3) is 0 Å². The first-order valence-corrected chi connectivity index (χ1v) is 14.0. The van der Waals surface area contributed by atoms with E-state index in [9.17, 15) is 4.39 Å². The normalized spacial score (nSPS) is 30.2. The lowest BCUT2D eigenvalue weighted by Gasteiger charge is -2.49. The average Bonchev–Trinajstić information content (AvgIpc) is 3.06. The molecule has 2 fully saturated rings. The number of anilines is 1.